The maximum Gasteiger partial charge on any atom is 0.0270 e. The maximum atomic E-state index is 4.06. The van der Waals surface area contributed by atoms with Gasteiger partial charge in [0.05, 0.1) is 0 Å². The van der Waals surface area contributed by atoms with Crippen molar-refractivity contribution >= 4 is 0 Å². The molecule has 1 aromatic heterocycles. The minimum atomic E-state index is 0.598. The molecule has 0 aromatic carbocycles. The molecule has 1 N–H and O–H groups in total. The lowest BCUT2D eigenvalue weighted by atomic mass is 10.0. The van der Waals surface area contributed by atoms with Gasteiger partial charge in [0.2, 0.25) is 0 Å². The number of hydrogen-bond donors (Lipinski definition) is 1. The molecule has 0 bridgehead atoms. The third kappa shape index (κ3) is 6.55. The Morgan fingerprint density at radius 1 is 1.28 bits per heavy atom. The molecule has 1 heterocycles. The zero-order valence-corrected chi connectivity index (χ0v) is 11.6. The van der Waals surface area contributed by atoms with Gasteiger partial charge in [-0.05, 0) is 49.9 Å². The summed E-state index contributed by atoms with van der Waals surface area (Å²) in [4.78, 5) is 4.06. The average molecular weight is 246 g/mol. The van der Waals surface area contributed by atoms with E-state index in [0.29, 0.717) is 6.04 Å². The molecule has 0 aliphatic carbocycles. The van der Waals surface area contributed by atoms with Gasteiger partial charge in [-0.15, -0.1) is 6.58 Å². The van der Waals surface area contributed by atoms with E-state index in [2.05, 4.69) is 35.9 Å². The Bertz CT molecular complexity index is 308. The van der Waals surface area contributed by atoms with E-state index < -0.39 is 0 Å². The molecule has 2 nitrogen and oxygen atoms in total. The summed E-state index contributed by atoms with van der Waals surface area (Å²) in [5.74, 6) is 0. The van der Waals surface area contributed by atoms with Crippen LogP contribution in [0.15, 0.2) is 37.2 Å². The second-order valence-corrected chi connectivity index (χ2v) is 4.74. The van der Waals surface area contributed by atoms with Crippen LogP contribution >= 0.6 is 0 Å². The van der Waals surface area contributed by atoms with Gasteiger partial charge in [-0.1, -0.05) is 25.8 Å². The predicted octanol–water partition coefficient (Wildman–Crippen LogP) is 3.74. The summed E-state index contributed by atoms with van der Waals surface area (Å²) in [7, 11) is 0. The van der Waals surface area contributed by atoms with Gasteiger partial charge >= 0.3 is 0 Å². The zero-order valence-electron chi connectivity index (χ0n) is 11.6. The van der Waals surface area contributed by atoms with Gasteiger partial charge in [0.25, 0.3) is 0 Å². The number of allylic oxidation sites excluding steroid dienone is 1. The molecule has 1 atom stereocenters. The van der Waals surface area contributed by atoms with Crippen LogP contribution in [0.25, 0.3) is 0 Å². The lowest BCUT2D eigenvalue weighted by molar-refractivity contribution is 0.464. The number of hydrogen-bond acceptors (Lipinski definition) is 2. The highest BCUT2D eigenvalue weighted by Crippen LogP contribution is 2.10. The number of unbranched alkanes of at least 4 members (excludes halogenated alkanes) is 3. The topological polar surface area (TPSA) is 24.9 Å². The molecule has 0 saturated heterocycles. The van der Waals surface area contributed by atoms with E-state index in [1.54, 1.807) is 0 Å². The fraction of sp³-hybridized carbons (Fsp3) is 0.562. The van der Waals surface area contributed by atoms with Crippen LogP contribution in [-0.4, -0.2) is 17.6 Å². The van der Waals surface area contributed by atoms with Crippen LogP contribution in [0, 0.1) is 0 Å². The monoisotopic (exact) mass is 246 g/mol. The number of rotatable bonds is 10. The van der Waals surface area contributed by atoms with Crippen LogP contribution in [0.3, 0.4) is 0 Å². The maximum absolute atomic E-state index is 4.06. The van der Waals surface area contributed by atoms with Gasteiger partial charge in [-0.2, -0.15) is 0 Å². The summed E-state index contributed by atoms with van der Waals surface area (Å²) in [6.07, 6.45) is 13.2. The highest BCUT2D eigenvalue weighted by molar-refractivity contribution is 5.11. The van der Waals surface area contributed by atoms with E-state index in [1.165, 1.54) is 31.2 Å². The van der Waals surface area contributed by atoms with Crippen molar-refractivity contribution in [2.75, 3.05) is 6.54 Å². The van der Waals surface area contributed by atoms with E-state index in [4.69, 9.17) is 0 Å². The van der Waals surface area contributed by atoms with Crippen LogP contribution in [0.1, 0.15) is 44.6 Å². The number of nitrogens with zero attached hydrogens (tertiary/aromatic N) is 1. The van der Waals surface area contributed by atoms with Crippen molar-refractivity contribution in [1.82, 2.24) is 10.3 Å². The molecule has 0 aliphatic rings. The molecule has 100 valence electrons. The van der Waals surface area contributed by atoms with Crippen molar-refractivity contribution in [2.45, 2.75) is 51.5 Å². The van der Waals surface area contributed by atoms with E-state index in [-0.39, 0.29) is 0 Å². The standard InChI is InChI=1S/C16H26N2/c1-3-5-6-7-8-9-16(18-4-2)14-15-10-12-17-13-11-15/h3,10-13,16,18H,1,4-9,14H2,2H3. The van der Waals surface area contributed by atoms with E-state index in [9.17, 15) is 0 Å². The Morgan fingerprint density at radius 3 is 2.72 bits per heavy atom. The number of nitrogens with one attached hydrogen (secondary N) is 1. The first-order valence-electron chi connectivity index (χ1n) is 7.10. The van der Waals surface area contributed by atoms with Crippen LogP contribution in [0.5, 0.6) is 0 Å². The molecule has 0 saturated carbocycles. The normalized spacial score (nSPS) is 12.3. The number of aromatic nitrogens is 1. The minimum Gasteiger partial charge on any atom is -0.314 e. The third-order valence-electron chi connectivity index (χ3n) is 3.19. The molecule has 0 spiro atoms. The molecule has 0 aliphatic heterocycles. The molecule has 1 unspecified atom stereocenters. The lowest BCUT2D eigenvalue weighted by Crippen LogP contribution is -2.30. The summed E-state index contributed by atoms with van der Waals surface area (Å²) >= 11 is 0. The van der Waals surface area contributed by atoms with Crippen molar-refractivity contribution in [3.8, 4) is 0 Å². The Hall–Kier alpha value is -1.15. The highest BCUT2D eigenvalue weighted by atomic mass is 14.9. The van der Waals surface area contributed by atoms with E-state index >= 15 is 0 Å². The second-order valence-electron chi connectivity index (χ2n) is 4.74. The van der Waals surface area contributed by atoms with E-state index in [1.807, 2.05) is 18.5 Å². The molecule has 1 aromatic rings. The van der Waals surface area contributed by atoms with Gasteiger partial charge in [0, 0.05) is 18.4 Å². The summed E-state index contributed by atoms with van der Waals surface area (Å²) in [6, 6.07) is 4.82. The minimum absolute atomic E-state index is 0.598. The Morgan fingerprint density at radius 2 is 2.06 bits per heavy atom. The fourth-order valence-corrected chi connectivity index (χ4v) is 2.22. The van der Waals surface area contributed by atoms with Crippen LogP contribution in [0.4, 0.5) is 0 Å². The molecule has 0 radical (unpaired) electrons. The molecule has 1 rings (SSSR count). The summed E-state index contributed by atoms with van der Waals surface area (Å²) < 4.78 is 0. The van der Waals surface area contributed by atoms with Crippen molar-refractivity contribution in [3.05, 3.63) is 42.7 Å². The van der Waals surface area contributed by atoms with Crippen molar-refractivity contribution in [3.63, 3.8) is 0 Å². The summed E-state index contributed by atoms with van der Waals surface area (Å²) in [5, 5.41) is 3.58. The summed E-state index contributed by atoms with van der Waals surface area (Å²) in [6.45, 7) is 6.98. The molecule has 0 amide bonds. The molecule has 0 fully saturated rings. The van der Waals surface area contributed by atoms with Gasteiger partial charge in [0.15, 0.2) is 0 Å². The zero-order chi connectivity index (χ0) is 13.1. The van der Waals surface area contributed by atoms with Crippen molar-refractivity contribution in [1.29, 1.82) is 0 Å². The summed E-state index contributed by atoms with van der Waals surface area (Å²) in [5.41, 5.74) is 1.38. The lowest BCUT2D eigenvalue weighted by Gasteiger charge is -2.17. The largest absolute Gasteiger partial charge is 0.314 e. The molecule has 2 heteroatoms. The van der Waals surface area contributed by atoms with Gasteiger partial charge in [-0.25, -0.2) is 0 Å². The van der Waals surface area contributed by atoms with Crippen LogP contribution in [0.2, 0.25) is 0 Å². The smallest absolute Gasteiger partial charge is 0.0270 e. The van der Waals surface area contributed by atoms with Crippen LogP contribution in [-0.2, 0) is 6.42 Å². The predicted molar refractivity (Wildman–Crippen MR) is 78.7 cm³/mol. The quantitative estimate of drug-likeness (QED) is 0.502. The van der Waals surface area contributed by atoms with E-state index in [0.717, 1.165) is 19.4 Å². The number of pyridine rings is 1. The fourth-order valence-electron chi connectivity index (χ4n) is 2.22. The highest BCUT2D eigenvalue weighted by Gasteiger charge is 2.07. The first-order valence-corrected chi connectivity index (χ1v) is 7.10. The van der Waals surface area contributed by atoms with Gasteiger partial charge in [-0.3, -0.25) is 4.98 Å². The SMILES string of the molecule is C=CCCCCCC(Cc1ccncc1)NCC. The van der Waals surface area contributed by atoms with Gasteiger partial charge < -0.3 is 5.32 Å². The first kappa shape index (κ1) is 14.9. The Balaban J connectivity index is 2.28. The first-order chi connectivity index (χ1) is 8.86. The van der Waals surface area contributed by atoms with Crippen molar-refractivity contribution in [2.24, 2.45) is 0 Å². The van der Waals surface area contributed by atoms with Crippen molar-refractivity contribution < 1.29 is 0 Å². The molecular formula is C16H26N2. The Labute approximate surface area is 112 Å². The third-order valence-corrected chi connectivity index (χ3v) is 3.19. The molecule has 18 heavy (non-hydrogen) atoms. The molecular weight excluding hydrogens is 220 g/mol. The number of likely N-dealkylation sites (N-methyl/N-ethyl adjacent to an activating group) is 1. The Kier molecular flexibility index (Phi) is 8.15. The van der Waals surface area contributed by atoms with Crippen LogP contribution < -0.4 is 5.32 Å². The average Bonchev–Trinajstić information content (AvgIpc) is 2.40. The van der Waals surface area contributed by atoms with Gasteiger partial charge in [0.1, 0.15) is 0 Å². The second kappa shape index (κ2) is 9.84.